The lowest BCUT2D eigenvalue weighted by atomic mass is 9.85. The van der Waals surface area contributed by atoms with Crippen LogP contribution in [-0.2, 0) is 5.60 Å². The van der Waals surface area contributed by atoms with Crippen molar-refractivity contribution in [2.24, 2.45) is 0 Å². The van der Waals surface area contributed by atoms with Crippen LogP contribution in [0.2, 0.25) is 0 Å². The van der Waals surface area contributed by atoms with E-state index < -0.39 is 11.6 Å². The molecule has 0 amide bonds. The predicted molar refractivity (Wildman–Crippen MR) is 62.6 cm³/mol. The molecule has 0 fully saturated rings. The van der Waals surface area contributed by atoms with Gasteiger partial charge in [-0.25, -0.2) is 4.79 Å². The maximum absolute atomic E-state index is 11.1. The molecule has 0 saturated carbocycles. The van der Waals surface area contributed by atoms with Gasteiger partial charge in [-0.15, -0.1) is 0 Å². The van der Waals surface area contributed by atoms with E-state index in [1.165, 1.54) is 18.2 Å². The number of hydrogen-bond donors (Lipinski definition) is 2. The highest BCUT2D eigenvalue weighted by Gasteiger charge is 2.29. The van der Waals surface area contributed by atoms with Crippen molar-refractivity contribution in [2.75, 3.05) is 0 Å². The van der Waals surface area contributed by atoms with E-state index in [0.717, 1.165) is 0 Å². The van der Waals surface area contributed by atoms with E-state index in [2.05, 4.69) is 0 Å². The second-order valence-corrected chi connectivity index (χ2v) is 3.92. The number of aliphatic hydroxyl groups is 1. The molecule has 1 rings (SSSR count). The zero-order chi connectivity index (χ0) is 13.1. The average Bonchev–Trinajstić information content (AvgIpc) is 2.37. The minimum absolute atomic E-state index is 0.00440. The molecule has 0 aliphatic heterocycles. The Morgan fingerprint density at radius 1 is 1.41 bits per heavy atom. The summed E-state index contributed by atoms with van der Waals surface area (Å²) in [5.41, 5.74) is -0.508. The van der Waals surface area contributed by atoms with Crippen LogP contribution in [0.1, 0.15) is 48.2 Å². The van der Waals surface area contributed by atoms with Crippen molar-refractivity contribution in [3.8, 4) is 6.07 Å². The fourth-order valence-corrected chi connectivity index (χ4v) is 1.83. The van der Waals surface area contributed by atoms with E-state index in [1.54, 1.807) is 13.8 Å². The number of aromatic carboxylic acids is 1. The third-order valence-electron chi connectivity index (χ3n) is 3.05. The summed E-state index contributed by atoms with van der Waals surface area (Å²) in [5.74, 6) is -1.13. The number of carboxylic acids is 1. The normalized spacial score (nSPS) is 10.9. The largest absolute Gasteiger partial charge is 0.478 e. The zero-order valence-electron chi connectivity index (χ0n) is 9.90. The topological polar surface area (TPSA) is 81.3 Å². The number of benzene rings is 1. The summed E-state index contributed by atoms with van der Waals surface area (Å²) in [7, 11) is 0. The van der Waals surface area contributed by atoms with Crippen LogP contribution in [0.25, 0.3) is 0 Å². The van der Waals surface area contributed by atoms with Gasteiger partial charge in [0.2, 0.25) is 0 Å². The molecule has 0 heterocycles. The molecule has 4 heteroatoms. The maximum atomic E-state index is 11.1. The van der Waals surface area contributed by atoms with Crippen LogP contribution in [0.15, 0.2) is 18.2 Å². The molecule has 0 saturated heterocycles. The molecule has 0 bridgehead atoms. The van der Waals surface area contributed by atoms with Crippen LogP contribution in [0, 0.1) is 11.3 Å². The van der Waals surface area contributed by atoms with Gasteiger partial charge in [-0.3, -0.25) is 0 Å². The predicted octanol–water partition coefficient (Wildman–Crippen LogP) is 2.26. The Bertz CT molecular complexity index is 470. The van der Waals surface area contributed by atoms with Gasteiger partial charge >= 0.3 is 5.97 Å². The third-order valence-corrected chi connectivity index (χ3v) is 3.05. The van der Waals surface area contributed by atoms with Gasteiger partial charge in [-0.2, -0.15) is 5.26 Å². The average molecular weight is 233 g/mol. The van der Waals surface area contributed by atoms with E-state index >= 15 is 0 Å². The summed E-state index contributed by atoms with van der Waals surface area (Å²) in [4.78, 5) is 11.1. The molecule has 0 aliphatic carbocycles. The van der Waals surface area contributed by atoms with Crippen molar-refractivity contribution in [2.45, 2.75) is 32.3 Å². The van der Waals surface area contributed by atoms with Gasteiger partial charge in [0, 0.05) is 0 Å². The van der Waals surface area contributed by atoms with Gasteiger partial charge in [0.1, 0.15) is 0 Å². The Labute approximate surface area is 100 Å². The Balaban J connectivity index is 3.44. The van der Waals surface area contributed by atoms with Gasteiger partial charge in [0.05, 0.1) is 22.8 Å². The SMILES string of the molecule is CCC(O)(CC)c1ccc(C#N)cc1C(=O)O. The number of nitrogens with zero attached hydrogens (tertiary/aromatic N) is 1. The van der Waals surface area contributed by atoms with Crippen molar-refractivity contribution in [1.82, 2.24) is 0 Å². The first-order valence-electron chi connectivity index (χ1n) is 5.48. The van der Waals surface area contributed by atoms with Gasteiger partial charge in [-0.1, -0.05) is 19.9 Å². The van der Waals surface area contributed by atoms with E-state index in [1.807, 2.05) is 6.07 Å². The van der Waals surface area contributed by atoms with Crippen LogP contribution in [-0.4, -0.2) is 16.2 Å². The quantitative estimate of drug-likeness (QED) is 0.835. The van der Waals surface area contributed by atoms with Crippen LogP contribution < -0.4 is 0 Å². The number of rotatable bonds is 4. The fraction of sp³-hybridized carbons (Fsp3) is 0.385. The van der Waals surface area contributed by atoms with Gasteiger partial charge in [0.25, 0.3) is 0 Å². The van der Waals surface area contributed by atoms with E-state index in [0.29, 0.717) is 18.4 Å². The summed E-state index contributed by atoms with van der Waals surface area (Å²) >= 11 is 0. The van der Waals surface area contributed by atoms with E-state index in [9.17, 15) is 9.90 Å². The van der Waals surface area contributed by atoms with E-state index in [-0.39, 0.29) is 11.1 Å². The highest BCUT2D eigenvalue weighted by atomic mass is 16.4. The molecule has 0 unspecified atom stereocenters. The summed E-state index contributed by atoms with van der Waals surface area (Å²) < 4.78 is 0. The number of hydrogen-bond acceptors (Lipinski definition) is 3. The summed E-state index contributed by atoms with van der Waals surface area (Å²) in [5, 5.41) is 28.2. The molecule has 0 radical (unpaired) electrons. The smallest absolute Gasteiger partial charge is 0.336 e. The van der Waals surface area contributed by atoms with Crippen molar-refractivity contribution in [1.29, 1.82) is 5.26 Å². The molecule has 17 heavy (non-hydrogen) atoms. The van der Waals surface area contributed by atoms with Crippen molar-refractivity contribution in [3.63, 3.8) is 0 Å². The highest BCUT2D eigenvalue weighted by Crippen LogP contribution is 2.31. The second kappa shape index (κ2) is 4.98. The van der Waals surface area contributed by atoms with Gasteiger partial charge in [-0.05, 0) is 30.5 Å². The lowest BCUT2D eigenvalue weighted by Gasteiger charge is -2.27. The molecule has 1 aromatic rings. The van der Waals surface area contributed by atoms with Crippen molar-refractivity contribution in [3.05, 3.63) is 34.9 Å². The van der Waals surface area contributed by atoms with E-state index in [4.69, 9.17) is 10.4 Å². The van der Waals surface area contributed by atoms with Crippen molar-refractivity contribution >= 4 is 5.97 Å². The number of carboxylic acid groups (broad SMARTS) is 1. The van der Waals surface area contributed by atoms with Crippen LogP contribution in [0.4, 0.5) is 0 Å². The summed E-state index contributed by atoms with van der Waals surface area (Å²) in [6.45, 7) is 3.60. The van der Waals surface area contributed by atoms with Crippen LogP contribution in [0.3, 0.4) is 0 Å². The first-order chi connectivity index (χ1) is 7.98. The number of carbonyl (C=O) groups is 1. The Morgan fingerprint density at radius 3 is 2.41 bits per heavy atom. The molecular formula is C13H15NO3. The lowest BCUT2D eigenvalue weighted by Crippen LogP contribution is -2.26. The summed E-state index contributed by atoms with van der Waals surface area (Å²) in [6, 6.07) is 6.24. The maximum Gasteiger partial charge on any atom is 0.336 e. The molecule has 2 N–H and O–H groups in total. The molecule has 0 spiro atoms. The lowest BCUT2D eigenvalue weighted by molar-refractivity contribution is 0.0260. The summed E-state index contributed by atoms with van der Waals surface area (Å²) in [6.07, 6.45) is 0.853. The molecule has 4 nitrogen and oxygen atoms in total. The minimum Gasteiger partial charge on any atom is -0.478 e. The first-order valence-corrected chi connectivity index (χ1v) is 5.48. The minimum atomic E-state index is -1.15. The standard InChI is InChI=1S/C13H15NO3/c1-3-13(17,4-2)11-6-5-9(8-14)7-10(11)12(15)16/h5-7,17H,3-4H2,1-2H3,(H,15,16). The van der Waals surface area contributed by atoms with Gasteiger partial charge < -0.3 is 10.2 Å². The van der Waals surface area contributed by atoms with Crippen LogP contribution in [0.5, 0.6) is 0 Å². The molecule has 0 aromatic heterocycles. The van der Waals surface area contributed by atoms with Crippen LogP contribution >= 0.6 is 0 Å². The van der Waals surface area contributed by atoms with Crippen molar-refractivity contribution < 1.29 is 15.0 Å². The second-order valence-electron chi connectivity index (χ2n) is 3.92. The number of nitriles is 1. The fourth-order valence-electron chi connectivity index (χ4n) is 1.83. The molecule has 1 aromatic carbocycles. The van der Waals surface area contributed by atoms with Gasteiger partial charge in [0.15, 0.2) is 0 Å². The third kappa shape index (κ3) is 2.45. The Hall–Kier alpha value is -1.86. The Kier molecular flexibility index (Phi) is 3.87. The molecule has 90 valence electrons. The Morgan fingerprint density at radius 2 is 2.00 bits per heavy atom. The monoisotopic (exact) mass is 233 g/mol. The first kappa shape index (κ1) is 13.2. The molecule has 0 aliphatic rings. The molecular weight excluding hydrogens is 218 g/mol. The highest BCUT2D eigenvalue weighted by molar-refractivity contribution is 5.90. The molecule has 0 atom stereocenters. The zero-order valence-corrected chi connectivity index (χ0v) is 9.90.